The van der Waals surface area contributed by atoms with E-state index in [9.17, 15) is 9.59 Å². The Balaban J connectivity index is 2.01. The van der Waals surface area contributed by atoms with E-state index in [0.29, 0.717) is 29.4 Å². The molecular weight excluding hydrogens is 362 g/mol. The minimum Gasteiger partial charge on any atom is -0.493 e. The molecule has 0 aromatic heterocycles. The topological polar surface area (TPSA) is 83.1 Å². The molecule has 3 rings (SSSR count). The van der Waals surface area contributed by atoms with Crippen LogP contribution in [0.2, 0.25) is 0 Å². The highest BCUT2D eigenvalue weighted by Crippen LogP contribution is 2.45. The van der Waals surface area contributed by atoms with Crippen LogP contribution in [0.3, 0.4) is 0 Å². The van der Waals surface area contributed by atoms with Crippen molar-refractivity contribution < 1.29 is 28.5 Å². The van der Waals surface area contributed by atoms with Crippen LogP contribution in [0.1, 0.15) is 29.8 Å². The molecule has 1 N–H and O–H groups in total. The van der Waals surface area contributed by atoms with Crippen LogP contribution in [-0.4, -0.2) is 38.8 Å². The molecule has 1 aliphatic heterocycles. The smallest absolute Gasteiger partial charge is 0.344 e. The molecule has 0 saturated carbocycles. The number of benzene rings is 2. The van der Waals surface area contributed by atoms with E-state index in [1.54, 1.807) is 26.0 Å². The second-order valence-electron chi connectivity index (χ2n) is 6.56. The second-order valence-corrected chi connectivity index (χ2v) is 6.56. The highest BCUT2D eigenvalue weighted by molar-refractivity contribution is 5.99. The van der Waals surface area contributed by atoms with Gasteiger partial charge in [-0.2, -0.15) is 0 Å². The summed E-state index contributed by atoms with van der Waals surface area (Å²) in [7, 11) is 3.03. The molecule has 0 unspecified atom stereocenters. The molecule has 0 bridgehead atoms. The minimum atomic E-state index is -0.477. The molecule has 0 aliphatic carbocycles. The lowest BCUT2D eigenvalue weighted by Gasteiger charge is -2.18. The number of esters is 1. The number of rotatable bonds is 7. The van der Waals surface area contributed by atoms with Gasteiger partial charge in [-0.1, -0.05) is 6.07 Å². The van der Waals surface area contributed by atoms with E-state index in [1.807, 2.05) is 18.2 Å². The zero-order valence-electron chi connectivity index (χ0n) is 16.3. The van der Waals surface area contributed by atoms with Crippen molar-refractivity contribution in [2.75, 3.05) is 20.8 Å². The summed E-state index contributed by atoms with van der Waals surface area (Å²) in [6.45, 7) is 3.76. The predicted octanol–water partition coefficient (Wildman–Crippen LogP) is 2.94. The van der Waals surface area contributed by atoms with E-state index in [1.165, 1.54) is 14.2 Å². The largest absolute Gasteiger partial charge is 0.493 e. The van der Waals surface area contributed by atoms with Crippen molar-refractivity contribution in [1.29, 1.82) is 0 Å². The predicted molar refractivity (Wildman–Crippen MR) is 103 cm³/mol. The number of hydrogen-bond acceptors (Lipinski definition) is 6. The van der Waals surface area contributed by atoms with Crippen molar-refractivity contribution >= 4 is 11.9 Å². The first-order chi connectivity index (χ1) is 13.4. The standard InChI is InChI=1S/C21H23NO6/c1-12(2)28-18(23)11-27-19-15(7-8-17(25-3)20(19)26-4)13-5-6-16-14(9-13)10-22-21(16)24/h5-9,12H,10-11H2,1-4H3,(H,22,24). The number of amides is 1. The third-order valence-corrected chi connectivity index (χ3v) is 4.30. The van der Waals surface area contributed by atoms with Crippen molar-refractivity contribution in [2.45, 2.75) is 26.5 Å². The molecular formula is C21H23NO6. The highest BCUT2D eigenvalue weighted by Gasteiger charge is 2.23. The Kier molecular flexibility index (Phi) is 5.73. The van der Waals surface area contributed by atoms with Gasteiger partial charge in [0.1, 0.15) is 0 Å². The van der Waals surface area contributed by atoms with E-state index in [0.717, 1.165) is 16.7 Å². The summed E-state index contributed by atoms with van der Waals surface area (Å²) < 4.78 is 21.8. The quantitative estimate of drug-likeness (QED) is 0.738. The van der Waals surface area contributed by atoms with Crippen LogP contribution in [0, 0.1) is 0 Å². The Labute approximate surface area is 163 Å². The van der Waals surface area contributed by atoms with Crippen molar-refractivity contribution in [2.24, 2.45) is 0 Å². The number of ether oxygens (including phenoxy) is 4. The Morgan fingerprint density at radius 1 is 1.07 bits per heavy atom. The van der Waals surface area contributed by atoms with Crippen LogP contribution in [0.5, 0.6) is 17.2 Å². The maximum atomic E-state index is 12.0. The maximum Gasteiger partial charge on any atom is 0.344 e. The van der Waals surface area contributed by atoms with Crippen LogP contribution in [0.25, 0.3) is 11.1 Å². The summed E-state index contributed by atoms with van der Waals surface area (Å²) >= 11 is 0. The Morgan fingerprint density at radius 3 is 2.50 bits per heavy atom. The molecule has 2 aromatic rings. The third kappa shape index (κ3) is 3.88. The number of methoxy groups -OCH3 is 2. The van der Waals surface area contributed by atoms with Crippen LogP contribution in [-0.2, 0) is 16.1 Å². The van der Waals surface area contributed by atoms with E-state index >= 15 is 0 Å². The summed E-state index contributed by atoms with van der Waals surface area (Å²) in [5.74, 6) is 0.680. The third-order valence-electron chi connectivity index (χ3n) is 4.30. The first-order valence-electron chi connectivity index (χ1n) is 8.93. The number of carbonyl (C=O) groups excluding carboxylic acids is 2. The van der Waals surface area contributed by atoms with Crippen molar-refractivity contribution in [3.05, 3.63) is 41.5 Å². The molecule has 0 atom stereocenters. The lowest BCUT2D eigenvalue weighted by atomic mass is 9.99. The molecule has 0 radical (unpaired) electrons. The van der Waals surface area contributed by atoms with Gasteiger partial charge in [0.05, 0.1) is 20.3 Å². The van der Waals surface area contributed by atoms with E-state index < -0.39 is 5.97 Å². The molecule has 1 aliphatic rings. The van der Waals surface area contributed by atoms with Gasteiger partial charge >= 0.3 is 5.97 Å². The van der Waals surface area contributed by atoms with Gasteiger partial charge in [0.15, 0.2) is 18.1 Å². The normalized spacial score (nSPS) is 12.4. The molecule has 7 heteroatoms. The van der Waals surface area contributed by atoms with E-state index in [4.69, 9.17) is 18.9 Å². The zero-order chi connectivity index (χ0) is 20.3. The average molecular weight is 385 g/mol. The molecule has 7 nitrogen and oxygen atoms in total. The fourth-order valence-electron chi connectivity index (χ4n) is 3.10. The van der Waals surface area contributed by atoms with E-state index in [2.05, 4.69) is 5.32 Å². The van der Waals surface area contributed by atoms with Gasteiger partial charge in [-0.3, -0.25) is 4.79 Å². The molecule has 0 spiro atoms. The Bertz CT molecular complexity index is 906. The zero-order valence-corrected chi connectivity index (χ0v) is 16.3. The summed E-state index contributed by atoms with van der Waals surface area (Å²) in [6.07, 6.45) is -0.232. The maximum absolute atomic E-state index is 12.0. The first-order valence-corrected chi connectivity index (χ1v) is 8.93. The lowest BCUT2D eigenvalue weighted by Crippen LogP contribution is -2.19. The number of nitrogens with one attached hydrogen (secondary N) is 1. The van der Waals surface area contributed by atoms with Crippen LogP contribution in [0.15, 0.2) is 30.3 Å². The van der Waals surface area contributed by atoms with Crippen LogP contribution >= 0.6 is 0 Å². The van der Waals surface area contributed by atoms with Crippen molar-refractivity contribution in [1.82, 2.24) is 5.32 Å². The van der Waals surface area contributed by atoms with Gasteiger partial charge in [0, 0.05) is 17.7 Å². The number of hydrogen-bond donors (Lipinski definition) is 1. The van der Waals surface area contributed by atoms with Gasteiger partial charge in [0.25, 0.3) is 5.91 Å². The van der Waals surface area contributed by atoms with Gasteiger partial charge in [0.2, 0.25) is 5.75 Å². The fourth-order valence-corrected chi connectivity index (χ4v) is 3.10. The molecule has 28 heavy (non-hydrogen) atoms. The molecule has 148 valence electrons. The van der Waals surface area contributed by atoms with Gasteiger partial charge < -0.3 is 24.3 Å². The lowest BCUT2D eigenvalue weighted by molar-refractivity contribution is -0.149. The van der Waals surface area contributed by atoms with Crippen LogP contribution in [0.4, 0.5) is 0 Å². The first kappa shape index (κ1) is 19.5. The highest BCUT2D eigenvalue weighted by atomic mass is 16.6. The average Bonchev–Trinajstić information content (AvgIpc) is 3.05. The SMILES string of the molecule is COc1ccc(-c2ccc3c(c2)CNC3=O)c(OCC(=O)OC(C)C)c1OC. The molecule has 1 amide bonds. The summed E-state index contributed by atoms with van der Waals surface area (Å²) in [5.41, 5.74) is 3.12. The fraction of sp³-hybridized carbons (Fsp3) is 0.333. The van der Waals surface area contributed by atoms with Gasteiger partial charge in [-0.25, -0.2) is 4.79 Å². The van der Waals surface area contributed by atoms with Crippen LogP contribution < -0.4 is 19.5 Å². The van der Waals surface area contributed by atoms with Gasteiger partial charge in [-0.05, 0) is 49.2 Å². The molecule has 0 saturated heterocycles. The van der Waals surface area contributed by atoms with Crippen molar-refractivity contribution in [3.63, 3.8) is 0 Å². The minimum absolute atomic E-state index is 0.0817. The Hall–Kier alpha value is -3.22. The number of fused-ring (bicyclic) bond motifs is 1. The summed E-state index contributed by atoms with van der Waals surface area (Å²) in [4.78, 5) is 23.8. The number of carbonyl (C=O) groups is 2. The van der Waals surface area contributed by atoms with Crippen molar-refractivity contribution in [3.8, 4) is 28.4 Å². The summed E-state index contributed by atoms with van der Waals surface area (Å²) in [6, 6.07) is 9.14. The second kappa shape index (κ2) is 8.21. The molecule has 0 fully saturated rings. The monoisotopic (exact) mass is 385 g/mol. The Morgan fingerprint density at radius 2 is 1.82 bits per heavy atom. The van der Waals surface area contributed by atoms with E-state index in [-0.39, 0.29) is 18.6 Å². The summed E-state index contributed by atoms with van der Waals surface area (Å²) in [5, 5.41) is 2.80. The van der Waals surface area contributed by atoms with Gasteiger partial charge in [-0.15, -0.1) is 0 Å². The molecule has 2 aromatic carbocycles. The molecule has 1 heterocycles.